The topological polar surface area (TPSA) is 75.6 Å². The first-order valence-electron chi connectivity index (χ1n) is 7.82. The third-order valence-electron chi connectivity index (χ3n) is 3.87. The summed E-state index contributed by atoms with van der Waals surface area (Å²) in [5.41, 5.74) is 1.32. The van der Waals surface area contributed by atoms with Crippen molar-refractivity contribution in [1.29, 1.82) is 0 Å². The van der Waals surface area contributed by atoms with Crippen LogP contribution < -0.4 is 10.1 Å². The average molecular weight is 359 g/mol. The lowest BCUT2D eigenvalue weighted by molar-refractivity contribution is -0.141. The van der Waals surface area contributed by atoms with E-state index in [1.807, 2.05) is 36.6 Å². The van der Waals surface area contributed by atoms with Crippen molar-refractivity contribution in [3.63, 3.8) is 0 Å². The Morgan fingerprint density at radius 1 is 1.16 bits per heavy atom. The van der Waals surface area contributed by atoms with E-state index in [0.717, 1.165) is 10.5 Å². The van der Waals surface area contributed by atoms with Crippen LogP contribution in [0.15, 0.2) is 53.4 Å². The molecule has 0 saturated carbocycles. The molecular formula is C19H21NO4S. The summed E-state index contributed by atoms with van der Waals surface area (Å²) >= 11 is 1.59. The van der Waals surface area contributed by atoms with Gasteiger partial charge in [0.15, 0.2) is 0 Å². The van der Waals surface area contributed by atoms with Gasteiger partial charge < -0.3 is 15.2 Å². The van der Waals surface area contributed by atoms with Gasteiger partial charge in [-0.2, -0.15) is 0 Å². The summed E-state index contributed by atoms with van der Waals surface area (Å²) in [7, 11) is 1.55. The van der Waals surface area contributed by atoms with Gasteiger partial charge in [-0.25, -0.2) is 0 Å². The Balaban J connectivity index is 2.01. The van der Waals surface area contributed by atoms with Crippen LogP contribution >= 0.6 is 11.8 Å². The Kier molecular flexibility index (Phi) is 6.89. The summed E-state index contributed by atoms with van der Waals surface area (Å²) < 4.78 is 5.26. The van der Waals surface area contributed by atoms with Crippen molar-refractivity contribution >= 4 is 23.6 Å². The molecule has 5 nitrogen and oxygen atoms in total. The lowest BCUT2D eigenvalue weighted by Gasteiger charge is -2.15. The fraction of sp³-hybridized carbons (Fsp3) is 0.263. The highest BCUT2D eigenvalue weighted by Crippen LogP contribution is 2.21. The average Bonchev–Trinajstić information content (AvgIpc) is 2.64. The van der Waals surface area contributed by atoms with E-state index >= 15 is 0 Å². The van der Waals surface area contributed by atoms with E-state index in [0.29, 0.717) is 11.3 Å². The molecule has 25 heavy (non-hydrogen) atoms. The van der Waals surface area contributed by atoms with Gasteiger partial charge >= 0.3 is 5.97 Å². The standard InChI is InChI=1S/C19H21NO4S/c1-24-17-6-4-3-5-14(17)11-15(19(22)23)12-20-18(21)13-7-9-16(25-2)10-8-13/h3-10,15H,11-12H2,1-2H3,(H,20,21)(H,22,23). The number of thioether (sulfide) groups is 1. The first-order chi connectivity index (χ1) is 12.0. The van der Waals surface area contributed by atoms with E-state index in [1.54, 1.807) is 37.1 Å². The maximum Gasteiger partial charge on any atom is 0.308 e. The Bertz CT molecular complexity index is 730. The summed E-state index contributed by atoms with van der Waals surface area (Å²) in [5.74, 6) is -1.32. The zero-order chi connectivity index (χ0) is 18.2. The molecule has 0 radical (unpaired) electrons. The van der Waals surface area contributed by atoms with E-state index in [4.69, 9.17) is 4.74 Å². The summed E-state index contributed by atoms with van der Waals surface area (Å²) in [6.07, 6.45) is 2.25. The highest BCUT2D eigenvalue weighted by molar-refractivity contribution is 7.98. The minimum atomic E-state index is -0.955. The summed E-state index contributed by atoms with van der Waals surface area (Å²) in [5, 5.41) is 12.2. The molecule has 0 spiro atoms. The SMILES string of the molecule is COc1ccccc1CC(CNC(=O)c1ccc(SC)cc1)C(=O)O. The fourth-order valence-electron chi connectivity index (χ4n) is 2.44. The van der Waals surface area contributed by atoms with E-state index in [1.165, 1.54) is 0 Å². The highest BCUT2D eigenvalue weighted by Gasteiger charge is 2.21. The molecule has 2 aromatic rings. The van der Waals surface area contributed by atoms with Crippen molar-refractivity contribution in [1.82, 2.24) is 5.32 Å². The molecule has 0 aliphatic carbocycles. The van der Waals surface area contributed by atoms with Crippen LogP contribution in [0.25, 0.3) is 0 Å². The predicted molar refractivity (Wildman–Crippen MR) is 98.4 cm³/mol. The number of amides is 1. The van der Waals surface area contributed by atoms with Crippen molar-refractivity contribution in [3.05, 3.63) is 59.7 Å². The molecule has 2 rings (SSSR count). The van der Waals surface area contributed by atoms with Gasteiger partial charge in [0, 0.05) is 17.0 Å². The molecule has 2 aromatic carbocycles. The smallest absolute Gasteiger partial charge is 0.308 e. The van der Waals surface area contributed by atoms with Gasteiger partial charge in [0.1, 0.15) is 5.75 Å². The number of ether oxygens (including phenoxy) is 1. The van der Waals surface area contributed by atoms with Crippen LogP contribution in [-0.2, 0) is 11.2 Å². The Morgan fingerprint density at radius 3 is 2.44 bits per heavy atom. The number of aliphatic carboxylic acids is 1. The number of rotatable bonds is 8. The van der Waals surface area contributed by atoms with Crippen LogP contribution in [0.4, 0.5) is 0 Å². The summed E-state index contributed by atoms with van der Waals surface area (Å²) in [6, 6.07) is 14.5. The highest BCUT2D eigenvalue weighted by atomic mass is 32.2. The molecule has 0 saturated heterocycles. The van der Waals surface area contributed by atoms with E-state index in [2.05, 4.69) is 5.32 Å². The number of carbonyl (C=O) groups is 2. The number of hydrogen-bond acceptors (Lipinski definition) is 4. The number of benzene rings is 2. The largest absolute Gasteiger partial charge is 0.496 e. The van der Waals surface area contributed by atoms with Gasteiger partial charge in [0.05, 0.1) is 13.0 Å². The molecule has 0 aliphatic rings. The van der Waals surface area contributed by atoms with Crippen molar-refractivity contribution in [2.24, 2.45) is 5.92 Å². The molecular weight excluding hydrogens is 338 g/mol. The lowest BCUT2D eigenvalue weighted by Crippen LogP contribution is -2.34. The van der Waals surface area contributed by atoms with E-state index in [-0.39, 0.29) is 18.9 Å². The summed E-state index contributed by atoms with van der Waals surface area (Å²) in [4.78, 5) is 24.8. The number of nitrogens with one attached hydrogen (secondary N) is 1. The van der Waals surface area contributed by atoms with Gasteiger partial charge in [-0.15, -0.1) is 11.8 Å². The van der Waals surface area contributed by atoms with Gasteiger partial charge in [-0.3, -0.25) is 9.59 Å². The Labute approximate surface area is 151 Å². The molecule has 2 N–H and O–H groups in total. The Morgan fingerprint density at radius 2 is 1.84 bits per heavy atom. The molecule has 0 bridgehead atoms. The molecule has 132 valence electrons. The molecule has 0 fully saturated rings. The van der Waals surface area contributed by atoms with Crippen LogP contribution in [0.5, 0.6) is 5.75 Å². The predicted octanol–water partition coefficient (Wildman–Crippen LogP) is 3.09. The number of para-hydroxylation sites is 1. The monoisotopic (exact) mass is 359 g/mol. The number of methoxy groups -OCH3 is 1. The van der Waals surface area contributed by atoms with Crippen LogP contribution in [0.2, 0.25) is 0 Å². The molecule has 6 heteroatoms. The number of hydrogen-bond donors (Lipinski definition) is 2. The normalized spacial score (nSPS) is 11.6. The van der Waals surface area contributed by atoms with Crippen LogP contribution in [0.1, 0.15) is 15.9 Å². The third kappa shape index (κ3) is 5.26. The molecule has 1 unspecified atom stereocenters. The number of carbonyl (C=O) groups excluding carboxylic acids is 1. The molecule has 0 heterocycles. The van der Waals surface area contributed by atoms with Crippen molar-refractivity contribution in [2.75, 3.05) is 19.9 Å². The zero-order valence-electron chi connectivity index (χ0n) is 14.2. The maximum atomic E-state index is 12.2. The van der Waals surface area contributed by atoms with Crippen LogP contribution in [0, 0.1) is 5.92 Å². The second-order valence-electron chi connectivity index (χ2n) is 5.49. The lowest BCUT2D eigenvalue weighted by atomic mass is 9.98. The first-order valence-corrected chi connectivity index (χ1v) is 9.04. The molecule has 1 amide bonds. The van der Waals surface area contributed by atoms with Crippen LogP contribution in [-0.4, -0.2) is 36.9 Å². The van der Waals surface area contributed by atoms with Crippen molar-refractivity contribution in [3.8, 4) is 5.75 Å². The van der Waals surface area contributed by atoms with Crippen LogP contribution in [0.3, 0.4) is 0 Å². The van der Waals surface area contributed by atoms with Crippen molar-refractivity contribution < 1.29 is 19.4 Å². The molecule has 0 aromatic heterocycles. The zero-order valence-corrected chi connectivity index (χ0v) is 15.0. The summed E-state index contributed by atoms with van der Waals surface area (Å²) in [6.45, 7) is 0.0521. The van der Waals surface area contributed by atoms with E-state index in [9.17, 15) is 14.7 Å². The van der Waals surface area contributed by atoms with Gasteiger partial charge in [0.25, 0.3) is 5.91 Å². The Hall–Kier alpha value is -2.47. The minimum Gasteiger partial charge on any atom is -0.496 e. The van der Waals surface area contributed by atoms with Gasteiger partial charge in [0.2, 0.25) is 0 Å². The van der Waals surface area contributed by atoms with E-state index < -0.39 is 11.9 Å². The van der Waals surface area contributed by atoms with Crippen molar-refractivity contribution in [2.45, 2.75) is 11.3 Å². The number of carboxylic acids is 1. The van der Waals surface area contributed by atoms with Gasteiger partial charge in [-0.1, -0.05) is 18.2 Å². The quantitative estimate of drug-likeness (QED) is 0.709. The number of carboxylic acid groups (broad SMARTS) is 1. The molecule has 0 aliphatic heterocycles. The fourth-order valence-corrected chi connectivity index (χ4v) is 2.85. The third-order valence-corrected chi connectivity index (χ3v) is 4.61. The maximum absolute atomic E-state index is 12.2. The molecule has 1 atom stereocenters. The van der Waals surface area contributed by atoms with Gasteiger partial charge in [-0.05, 0) is 48.6 Å². The first kappa shape index (κ1) is 18.9. The second kappa shape index (κ2) is 9.13. The minimum absolute atomic E-state index is 0.0521. The second-order valence-corrected chi connectivity index (χ2v) is 6.37.